The molecule has 3 aliphatic rings. The van der Waals surface area contributed by atoms with Crippen LogP contribution < -0.4 is 14.5 Å². The van der Waals surface area contributed by atoms with Gasteiger partial charge in [-0.25, -0.2) is 8.78 Å². The van der Waals surface area contributed by atoms with Crippen LogP contribution in [0.4, 0.5) is 33.5 Å². The first kappa shape index (κ1) is 32.3. The molecule has 0 spiro atoms. The first-order valence-electron chi connectivity index (χ1n) is 14.8. The highest BCUT2D eigenvalue weighted by atomic mass is 19.4. The van der Waals surface area contributed by atoms with Gasteiger partial charge < -0.3 is 19.4 Å². The number of hydrogen-bond acceptors (Lipinski definition) is 9. The Hall–Kier alpha value is -4.06. The van der Waals surface area contributed by atoms with Crippen molar-refractivity contribution in [2.45, 2.75) is 70.1 Å². The smallest absolute Gasteiger partial charge is 0.421 e. The zero-order chi connectivity index (χ0) is 32.5. The van der Waals surface area contributed by atoms with Crippen LogP contribution in [0.1, 0.15) is 43.5 Å². The number of hydrogen-bond donors (Lipinski definition) is 0. The predicted molar refractivity (Wildman–Crippen MR) is 155 cm³/mol. The molecule has 0 unspecified atom stereocenters. The van der Waals surface area contributed by atoms with Gasteiger partial charge in [0.1, 0.15) is 24.2 Å². The number of rotatable bonds is 8. The van der Waals surface area contributed by atoms with Crippen molar-refractivity contribution in [2.75, 3.05) is 49.1 Å². The zero-order valence-electron chi connectivity index (χ0n) is 25.1. The van der Waals surface area contributed by atoms with Crippen molar-refractivity contribution in [1.29, 1.82) is 5.26 Å². The number of carbonyl (C=O) groups excluding carboxylic acids is 1. The molecule has 0 N–H and O–H groups in total. The second kappa shape index (κ2) is 13.1. The summed E-state index contributed by atoms with van der Waals surface area (Å²) in [5, 5.41) is 9.45. The van der Waals surface area contributed by atoms with Crippen molar-refractivity contribution in [3.63, 3.8) is 0 Å². The summed E-state index contributed by atoms with van der Waals surface area (Å²) in [5.41, 5.74) is -0.710. The third-order valence-corrected chi connectivity index (χ3v) is 8.57. The van der Waals surface area contributed by atoms with Crippen molar-refractivity contribution < 1.29 is 31.5 Å². The van der Waals surface area contributed by atoms with Gasteiger partial charge in [-0.3, -0.25) is 14.7 Å². The molecule has 2 aromatic heterocycles. The van der Waals surface area contributed by atoms with E-state index in [-0.39, 0.29) is 76.0 Å². The fraction of sp³-hybridized carbons (Fsp3) is 0.567. The van der Waals surface area contributed by atoms with Crippen LogP contribution in [-0.4, -0.2) is 94.3 Å². The van der Waals surface area contributed by atoms with Gasteiger partial charge in [0.25, 0.3) is 0 Å². The van der Waals surface area contributed by atoms with E-state index in [1.165, 1.54) is 11.0 Å². The lowest BCUT2D eigenvalue weighted by atomic mass is 10.0. The normalized spacial score (nSPS) is 22.4. The van der Waals surface area contributed by atoms with Gasteiger partial charge in [0.05, 0.1) is 48.9 Å². The monoisotopic (exact) mass is 634 g/mol. The maximum atomic E-state index is 14.4. The Morgan fingerprint density at radius 1 is 1.18 bits per heavy atom. The molecule has 5 heterocycles. The van der Waals surface area contributed by atoms with E-state index in [1.807, 2.05) is 23.6 Å². The Morgan fingerprint density at radius 3 is 2.64 bits per heavy atom. The summed E-state index contributed by atoms with van der Waals surface area (Å²) >= 11 is 0. The van der Waals surface area contributed by atoms with Crippen molar-refractivity contribution in [3.8, 4) is 12.1 Å². The fourth-order valence-corrected chi connectivity index (χ4v) is 6.45. The molecule has 2 saturated heterocycles. The predicted octanol–water partition coefficient (Wildman–Crippen LogP) is 3.91. The minimum Gasteiger partial charge on any atom is -0.462 e. The Balaban J connectivity index is 1.49. The van der Waals surface area contributed by atoms with Crippen molar-refractivity contribution in [3.05, 3.63) is 47.7 Å². The molecule has 45 heavy (non-hydrogen) atoms. The Kier molecular flexibility index (Phi) is 9.43. The number of pyridine rings is 1. The number of amides is 1. The van der Waals surface area contributed by atoms with Gasteiger partial charge in [-0.15, -0.1) is 0 Å². The van der Waals surface area contributed by atoms with Crippen LogP contribution in [0.25, 0.3) is 0 Å². The second-order valence-corrected chi connectivity index (χ2v) is 11.7. The molecule has 2 fully saturated rings. The molecule has 0 aliphatic carbocycles. The number of likely N-dealkylation sites (tertiary alicyclic amines) is 1. The number of aromatic nitrogens is 3. The lowest BCUT2D eigenvalue weighted by Gasteiger charge is -2.42. The standard InChI is InChI=1S/C30H35F5N8O2/c1-4-26(44)42-10-9-41(15-20(42)5-7-36)28-22-6-8-40(25-13-37-12-23(32)27(25)30(33,34)35)16-24(22)38-29(39-28)45-17-21-11-19(31)14-43(21)18(2)3/h4,12-13,18-21H,1,5-6,8-11,14-17H2,2-3H3/t19-,20+,21+/m1/s1. The van der Waals surface area contributed by atoms with E-state index >= 15 is 0 Å². The van der Waals surface area contributed by atoms with Crippen LogP contribution in [0, 0.1) is 17.1 Å². The Labute approximate surface area is 258 Å². The molecule has 10 nitrogen and oxygen atoms in total. The molecular weight excluding hydrogens is 599 g/mol. The first-order chi connectivity index (χ1) is 21.4. The van der Waals surface area contributed by atoms with Crippen LogP contribution in [-0.2, 0) is 23.9 Å². The quantitative estimate of drug-likeness (QED) is 0.316. The molecule has 5 rings (SSSR count). The molecule has 0 aromatic carbocycles. The zero-order valence-corrected chi connectivity index (χ0v) is 25.1. The van der Waals surface area contributed by atoms with Crippen molar-refractivity contribution in [2.24, 2.45) is 0 Å². The van der Waals surface area contributed by atoms with E-state index in [9.17, 15) is 32.0 Å². The molecule has 242 valence electrons. The molecule has 3 atom stereocenters. The van der Waals surface area contributed by atoms with E-state index in [2.05, 4.69) is 22.6 Å². The highest BCUT2D eigenvalue weighted by molar-refractivity contribution is 5.87. The third kappa shape index (κ3) is 6.80. The van der Waals surface area contributed by atoms with Gasteiger partial charge >= 0.3 is 12.2 Å². The van der Waals surface area contributed by atoms with Crippen molar-refractivity contribution >= 4 is 17.4 Å². The van der Waals surface area contributed by atoms with E-state index in [0.29, 0.717) is 36.4 Å². The maximum Gasteiger partial charge on any atom is 0.421 e. The number of halogens is 5. The van der Waals surface area contributed by atoms with Gasteiger partial charge in [-0.2, -0.15) is 28.4 Å². The summed E-state index contributed by atoms with van der Waals surface area (Å²) in [7, 11) is 0. The van der Waals surface area contributed by atoms with Crippen LogP contribution in [0.15, 0.2) is 25.0 Å². The third-order valence-electron chi connectivity index (χ3n) is 8.57. The average molecular weight is 635 g/mol. The molecule has 15 heteroatoms. The molecule has 0 bridgehead atoms. The highest BCUT2D eigenvalue weighted by Crippen LogP contribution is 2.40. The summed E-state index contributed by atoms with van der Waals surface area (Å²) in [6.07, 6.45) is -2.61. The summed E-state index contributed by atoms with van der Waals surface area (Å²) in [6.45, 7) is 8.84. The Morgan fingerprint density at radius 2 is 1.96 bits per heavy atom. The number of piperazine rings is 1. The highest BCUT2D eigenvalue weighted by Gasteiger charge is 2.40. The number of ether oxygens (including phenoxy) is 1. The second-order valence-electron chi connectivity index (χ2n) is 11.7. The van der Waals surface area contributed by atoms with Crippen LogP contribution in [0.3, 0.4) is 0 Å². The number of nitrogens with zero attached hydrogens (tertiary/aromatic N) is 8. The maximum absolute atomic E-state index is 14.4. The van der Waals surface area contributed by atoms with Crippen molar-refractivity contribution in [1.82, 2.24) is 24.8 Å². The van der Waals surface area contributed by atoms with Gasteiger partial charge in [0, 0.05) is 50.4 Å². The van der Waals surface area contributed by atoms with E-state index in [1.54, 1.807) is 4.90 Å². The van der Waals surface area contributed by atoms with Gasteiger partial charge in [-0.05, 0) is 32.8 Å². The fourth-order valence-electron chi connectivity index (χ4n) is 6.45. The lowest BCUT2D eigenvalue weighted by molar-refractivity contribution is -0.139. The Bertz CT molecular complexity index is 1470. The molecular formula is C30H35F5N8O2. The topological polar surface area (TPSA) is 102 Å². The summed E-state index contributed by atoms with van der Waals surface area (Å²) < 4.78 is 76.4. The average Bonchev–Trinajstić information content (AvgIpc) is 3.39. The number of alkyl halides is 4. The summed E-state index contributed by atoms with van der Waals surface area (Å²) in [6, 6.07) is 1.52. The molecule has 3 aliphatic heterocycles. The van der Waals surface area contributed by atoms with E-state index in [0.717, 1.165) is 6.20 Å². The van der Waals surface area contributed by atoms with Crippen LogP contribution >= 0.6 is 0 Å². The SMILES string of the molecule is C=CC(=O)N1CCN(c2nc(OC[C@@H]3C[C@@H](F)CN3C(C)C)nc3c2CCN(c2cncc(F)c2C(F)(F)F)C3)C[C@@H]1CC#N. The minimum absolute atomic E-state index is 0.0218. The number of anilines is 2. The molecule has 0 radical (unpaired) electrons. The molecule has 0 saturated carbocycles. The van der Waals surface area contributed by atoms with Gasteiger partial charge in [-0.1, -0.05) is 6.58 Å². The number of nitriles is 1. The van der Waals surface area contributed by atoms with Gasteiger partial charge in [0.2, 0.25) is 5.91 Å². The largest absolute Gasteiger partial charge is 0.462 e. The summed E-state index contributed by atoms with van der Waals surface area (Å²) in [4.78, 5) is 32.3. The van der Waals surface area contributed by atoms with E-state index < -0.39 is 35.5 Å². The van der Waals surface area contributed by atoms with Gasteiger partial charge in [0.15, 0.2) is 5.82 Å². The van der Waals surface area contributed by atoms with Crippen LogP contribution in [0.5, 0.6) is 6.01 Å². The first-order valence-corrected chi connectivity index (χ1v) is 14.8. The number of fused-ring (bicyclic) bond motifs is 1. The molecule has 1 amide bonds. The van der Waals surface area contributed by atoms with Crippen LogP contribution in [0.2, 0.25) is 0 Å². The summed E-state index contributed by atoms with van der Waals surface area (Å²) in [5.74, 6) is -1.26. The van der Waals surface area contributed by atoms with E-state index in [4.69, 9.17) is 9.72 Å². The molecule has 2 aromatic rings. The minimum atomic E-state index is -4.94. The lowest BCUT2D eigenvalue weighted by Crippen LogP contribution is -2.55. The number of carbonyl (C=O) groups is 1.